The fourth-order valence-electron chi connectivity index (χ4n) is 2.13. The Labute approximate surface area is 98.7 Å². The number of nitrogens with one attached hydrogen (secondary N) is 1. The van der Waals surface area contributed by atoms with E-state index in [0.717, 1.165) is 25.6 Å². The molecule has 1 N–H and O–H groups in total. The van der Waals surface area contributed by atoms with Crippen LogP contribution in [0.2, 0.25) is 0 Å². The van der Waals surface area contributed by atoms with Gasteiger partial charge in [0.15, 0.2) is 0 Å². The summed E-state index contributed by atoms with van der Waals surface area (Å²) in [7, 11) is 4.26. The minimum Gasteiger partial charge on any atom is -0.319 e. The maximum atomic E-state index is 3.22. The number of likely N-dealkylation sites (N-methyl/N-ethyl adjacent to an activating group) is 1. The molecule has 0 unspecified atom stereocenters. The van der Waals surface area contributed by atoms with Crippen LogP contribution in [-0.2, 0) is 13.0 Å². The van der Waals surface area contributed by atoms with Gasteiger partial charge in [0.05, 0.1) is 0 Å². The van der Waals surface area contributed by atoms with E-state index in [2.05, 4.69) is 41.5 Å². The van der Waals surface area contributed by atoms with Crippen LogP contribution in [0, 0.1) is 0 Å². The van der Waals surface area contributed by atoms with E-state index < -0.39 is 0 Å². The summed E-state index contributed by atoms with van der Waals surface area (Å²) in [5.41, 5.74) is 2.98. The van der Waals surface area contributed by atoms with Crippen molar-refractivity contribution < 1.29 is 0 Å². The lowest BCUT2D eigenvalue weighted by atomic mass is 10.0. The van der Waals surface area contributed by atoms with Crippen molar-refractivity contribution in [1.29, 1.82) is 0 Å². The van der Waals surface area contributed by atoms with Crippen molar-refractivity contribution in [3.63, 3.8) is 0 Å². The quantitative estimate of drug-likeness (QED) is 0.786. The van der Waals surface area contributed by atoms with Gasteiger partial charge in [0.1, 0.15) is 0 Å². The van der Waals surface area contributed by atoms with E-state index in [1.807, 2.05) is 7.05 Å². The van der Waals surface area contributed by atoms with E-state index in [4.69, 9.17) is 0 Å². The zero-order valence-electron chi connectivity index (χ0n) is 10.4. The molecule has 0 atom stereocenters. The molecule has 2 heteroatoms. The number of hydrogen-bond donors (Lipinski definition) is 1. The normalized spacial score (nSPS) is 15.7. The third-order valence-corrected chi connectivity index (χ3v) is 3.35. The highest BCUT2D eigenvalue weighted by molar-refractivity contribution is 5.27. The van der Waals surface area contributed by atoms with Crippen LogP contribution in [-0.4, -0.2) is 31.6 Å². The Bertz CT molecular complexity index is 331. The van der Waals surface area contributed by atoms with Crippen LogP contribution < -0.4 is 5.32 Å². The second-order valence-corrected chi connectivity index (χ2v) is 4.77. The first-order valence-electron chi connectivity index (χ1n) is 6.23. The summed E-state index contributed by atoms with van der Waals surface area (Å²) < 4.78 is 0. The molecule has 0 aromatic heterocycles. The molecular weight excluding hydrogens is 196 g/mol. The van der Waals surface area contributed by atoms with Gasteiger partial charge in [-0.15, -0.1) is 0 Å². The zero-order chi connectivity index (χ0) is 11.4. The van der Waals surface area contributed by atoms with Gasteiger partial charge in [-0.1, -0.05) is 24.3 Å². The van der Waals surface area contributed by atoms with Gasteiger partial charge in [-0.2, -0.15) is 0 Å². The highest BCUT2D eigenvalue weighted by Gasteiger charge is 2.26. The second kappa shape index (κ2) is 5.46. The SMILES string of the molecule is CNCCc1ccccc1CN(C)C1CC1. The third kappa shape index (κ3) is 3.06. The Kier molecular flexibility index (Phi) is 3.97. The summed E-state index contributed by atoms with van der Waals surface area (Å²) in [6.07, 6.45) is 3.90. The molecule has 1 aromatic carbocycles. The number of rotatable bonds is 6. The van der Waals surface area contributed by atoms with E-state index >= 15 is 0 Å². The van der Waals surface area contributed by atoms with E-state index in [1.54, 1.807) is 0 Å². The van der Waals surface area contributed by atoms with Crippen molar-refractivity contribution >= 4 is 0 Å². The third-order valence-electron chi connectivity index (χ3n) is 3.35. The first kappa shape index (κ1) is 11.6. The van der Waals surface area contributed by atoms with Crippen molar-refractivity contribution in [3.8, 4) is 0 Å². The molecule has 2 nitrogen and oxygen atoms in total. The Morgan fingerprint density at radius 3 is 2.56 bits per heavy atom. The van der Waals surface area contributed by atoms with Crippen molar-refractivity contribution in [2.45, 2.75) is 31.8 Å². The smallest absolute Gasteiger partial charge is 0.0236 e. The molecule has 0 radical (unpaired) electrons. The molecular formula is C14H22N2. The van der Waals surface area contributed by atoms with Gasteiger partial charge >= 0.3 is 0 Å². The van der Waals surface area contributed by atoms with Crippen molar-refractivity contribution in [3.05, 3.63) is 35.4 Å². The van der Waals surface area contributed by atoms with E-state index in [1.165, 1.54) is 24.0 Å². The zero-order valence-corrected chi connectivity index (χ0v) is 10.4. The minimum atomic E-state index is 0.845. The molecule has 0 spiro atoms. The molecule has 0 heterocycles. The summed E-state index contributed by atoms with van der Waals surface area (Å²) in [4.78, 5) is 2.48. The average Bonchev–Trinajstić information content (AvgIpc) is 3.11. The van der Waals surface area contributed by atoms with Crippen molar-refractivity contribution in [2.24, 2.45) is 0 Å². The lowest BCUT2D eigenvalue weighted by Crippen LogP contribution is -2.21. The average molecular weight is 218 g/mol. The Morgan fingerprint density at radius 1 is 1.25 bits per heavy atom. The molecule has 0 saturated heterocycles. The fourth-order valence-corrected chi connectivity index (χ4v) is 2.13. The van der Waals surface area contributed by atoms with Crippen LogP contribution in [0.15, 0.2) is 24.3 Å². The van der Waals surface area contributed by atoms with Crippen molar-refractivity contribution in [2.75, 3.05) is 20.6 Å². The molecule has 1 aliphatic rings. The Balaban J connectivity index is 2.00. The molecule has 0 aliphatic heterocycles. The predicted molar refractivity (Wildman–Crippen MR) is 68.6 cm³/mol. The summed E-state index contributed by atoms with van der Waals surface area (Å²) >= 11 is 0. The number of nitrogens with zero attached hydrogens (tertiary/aromatic N) is 1. The molecule has 2 rings (SSSR count). The van der Waals surface area contributed by atoms with Gasteiger partial charge in [0, 0.05) is 12.6 Å². The number of benzene rings is 1. The summed E-state index contributed by atoms with van der Waals surface area (Å²) in [5.74, 6) is 0. The molecule has 1 aliphatic carbocycles. The van der Waals surface area contributed by atoms with Crippen LogP contribution in [0.1, 0.15) is 24.0 Å². The van der Waals surface area contributed by atoms with E-state index in [0.29, 0.717) is 0 Å². The Hall–Kier alpha value is -0.860. The highest BCUT2D eigenvalue weighted by Crippen LogP contribution is 2.27. The highest BCUT2D eigenvalue weighted by atomic mass is 15.1. The molecule has 16 heavy (non-hydrogen) atoms. The maximum absolute atomic E-state index is 3.22. The van der Waals surface area contributed by atoms with Gasteiger partial charge in [-0.25, -0.2) is 0 Å². The maximum Gasteiger partial charge on any atom is 0.0236 e. The molecule has 1 saturated carbocycles. The largest absolute Gasteiger partial charge is 0.319 e. The standard InChI is InChI=1S/C14H22N2/c1-15-10-9-12-5-3-4-6-13(12)11-16(2)14-7-8-14/h3-6,14-15H,7-11H2,1-2H3. The molecule has 0 bridgehead atoms. The van der Waals surface area contributed by atoms with Gasteiger partial charge < -0.3 is 5.32 Å². The topological polar surface area (TPSA) is 15.3 Å². The van der Waals surface area contributed by atoms with Crippen LogP contribution >= 0.6 is 0 Å². The lowest BCUT2D eigenvalue weighted by molar-refractivity contribution is 0.315. The molecule has 88 valence electrons. The molecule has 0 amide bonds. The van der Waals surface area contributed by atoms with Crippen LogP contribution in [0.25, 0.3) is 0 Å². The lowest BCUT2D eigenvalue weighted by Gasteiger charge is -2.18. The first-order chi connectivity index (χ1) is 7.81. The number of hydrogen-bond acceptors (Lipinski definition) is 2. The van der Waals surface area contributed by atoms with E-state index in [9.17, 15) is 0 Å². The van der Waals surface area contributed by atoms with Gasteiger partial charge in [-0.05, 0) is 51.0 Å². The summed E-state index contributed by atoms with van der Waals surface area (Å²) in [5, 5.41) is 3.22. The fraction of sp³-hybridized carbons (Fsp3) is 0.571. The van der Waals surface area contributed by atoms with E-state index in [-0.39, 0.29) is 0 Å². The van der Waals surface area contributed by atoms with Crippen LogP contribution in [0.5, 0.6) is 0 Å². The van der Waals surface area contributed by atoms with Crippen LogP contribution in [0.3, 0.4) is 0 Å². The summed E-state index contributed by atoms with van der Waals surface area (Å²) in [6, 6.07) is 9.67. The van der Waals surface area contributed by atoms with Crippen molar-refractivity contribution in [1.82, 2.24) is 10.2 Å². The minimum absolute atomic E-state index is 0.845. The van der Waals surface area contributed by atoms with Gasteiger partial charge in [0.25, 0.3) is 0 Å². The van der Waals surface area contributed by atoms with Gasteiger partial charge in [0.2, 0.25) is 0 Å². The second-order valence-electron chi connectivity index (χ2n) is 4.77. The summed E-state index contributed by atoms with van der Waals surface area (Å²) in [6.45, 7) is 2.16. The van der Waals surface area contributed by atoms with Crippen LogP contribution in [0.4, 0.5) is 0 Å². The van der Waals surface area contributed by atoms with Gasteiger partial charge in [-0.3, -0.25) is 4.90 Å². The first-order valence-corrected chi connectivity index (χ1v) is 6.23. The Morgan fingerprint density at radius 2 is 1.94 bits per heavy atom. The molecule has 1 fully saturated rings. The monoisotopic (exact) mass is 218 g/mol. The predicted octanol–water partition coefficient (Wildman–Crippen LogP) is 2.04. The molecule has 1 aromatic rings.